The van der Waals surface area contributed by atoms with E-state index in [1.165, 1.54) is 13.0 Å². The van der Waals surface area contributed by atoms with Crippen LogP contribution in [0, 0.1) is 12.7 Å². The number of nitrogens with zero attached hydrogens (tertiary/aromatic N) is 1. The Morgan fingerprint density at radius 2 is 1.88 bits per heavy atom. The summed E-state index contributed by atoms with van der Waals surface area (Å²) < 4.78 is 13.3. The van der Waals surface area contributed by atoms with Gasteiger partial charge in [0.05, 0.1) is 5.69 Å². The summed E-state index contributed by atoms with van der Waals surface area (Å²) in [6.45, 7) is 4.27. The summed E-state index contributed by atoms with van der Waals surface area (Å²) in [4.78, 5) is 22.8. The second kappa shape index (κ2) is 8.24. The van der Waals surface area contributed by atoms with Gasteiger partial charge in [-0.05, 0) is 49.6 Å². The molecule has 0 saturated heterocycles. The van der Waals surface area contributed by atoms with Crippen molar-refractivity contribution in [3.05, 3.63) is 41.3 Å². The third kappa shape index (κ3) is 4.91. The predicted octanol–water partition coefficient (Wildman–Crippen LogP) is 2.17. The first-order valence-corrected chi connectivity index (χ1v) is 7.82. The lowest BCUT2D eigenvalue weighted by Gasteiger charge is -2.04. The van der Waals surface area contributed by atoms with Gasteiger partial charge in [0.15, 0.2) is 0 Å². The number of aryl methyl sites for hydroxylation is 1. The summed E-state index contributed by atoms with van der Waals surface area (Å²) >= 11 is 0. The summed E-state index contributed by atoms with van der Waals surface area (Å²) in [7, 11) is 0. The highest BCUT2D eigenvalue weighted by Crippen LogP contribution is 2.20. The van der Waals surface area contributed by atoms with Gasteiger partial charge in [0, 0.05) is 25.6 Å². The summed E-state index contributed by atoms with van der Waals surface area (Å²) in [6, 6.07) is 6.34. The largest absolute Gasteiger partial charge is 0.356 e. The number of hydrogen-bond acceptors (Lipinski definition) is 3. The van der Waals surface area contributed by atoms with Crippen LogP contribution < -0.4 is 10.6 Å². The van der Waals surface area contributed by atoms with Crippen LogP contribution in [-0.2, 0) is 4.79 Å². The first-order valence-electron chi connectivity index (χ1n) is 7.82. The molecular weight excluding hydrogens is 311 g/mol. The molecule has 6 nitrogen and oxygen atoms in total. The zero-order chi connectivity index (χ0) is 17.5. The van der Waals surface area contributed by atoms with Gasteiger partial charge in [-0.3, -0.25) is 14.7 Å². The van der Waals surface area contributed by atoms with Crippen molar-refractivity contribution in [1.29, 1.82) is 0 Å². The molecule has 0 saturated carbocycles. The molecule has 0 bridgehead atoms. The van der Waals surface area contributed by atoms with Crippen LogP contribution in [0.5, 0.6) is 0 Å². The molecule has 0 aliphatic carbocycles. The highest BCUT2D eigenvalue weighted by molar-refractivity contribution is 5.93. The normalized spacial score (nSPS) is 10.5. The fourth-order valence-electron chi connectivity index (χ4n) is 2.20. The molecule has 0 aliphatic heterocycles. The molecule has 0 fully saturated rings. The lowest BCUT2D eigenvalue weighted by atomic mass is 10.1. The lowest BCUT2D eigenvalue weighted by Crippen LogP contribution is -2.26. The van der Waals surface area contributed by atoms with Crippen LogP contribution in [0.2, 0.25) is 0 Å². The summed E-state index contributed by atoms with van der Waals surface area (Å²) in [5, 5.41) is 12.3. The van der Waals surface area contributed by atoms with Crippen molar-refractivity contribution in [3.63, 3.8) is 0 Å². The Morgan fingerprint density at radius 3 is 2.54 bits per heavy atom. The van der Waals surface area contributed by atoms with Gasteiger partial charge in [0.2, 0.25) is 5.91 Å². The van der Waals surface area contributed by atoms with Crippen molar-refractivity contribution < 1.29 is 14.0 Å². The number of nitrogens with one attached hydrogen (secondary N) is 3. The van der Waals surface area contributed by atoms with Crippen molar-refractivity contribution >= 4 is 11.8 Å². The van der Waals surface area contributed by atoms with Crippen LogP contribution in [-0.4, -0.2) is 35.1 Å². The van der Waals surface area contributed by atoms with Crippen LogP contribution in [0.3, 0.4) is 0 Å². The van der Waals surface area contributed by atoms with Gasteiger partial charge in [-0.2, -0.15) is 5.10 Å². The molecule has 0 radical (unpaired) electrons. The number of hydrogen-bond donors (Lipinski definition) is 3. The first-order chi connectivity index (χ1) is 11.5. The minimum absolute atomic E-state index is 0.0555. The lowest BCUT2D eigenvalue weighted by molar-refractivity contribution is -0.118. The van der Waals surface area contributed by atoms with E-state index in [0.29, 0.717) is 30.0 Å². The third-order valence-corrected chi connectivity index (χ3v) is 3.54. The fourth-order valence-corrected chi connectivity index (χ4v) is 2.20. The van der Waals surface area contributed by atoms with Gasteiger partial charge >= 0.3 is 0 Å². The highest BCUT2D eigenvalue weighted by atomic mass is 19.1. The van der Waals surface area contributed by atoms with Gasteiger partial charge in [-0.15, -0.1) is 0 Å². The van der Waals surface area contributed by atoms with E-state index in [4.69, 9.17) is 0 Å². The molecule has 2 rings (SSSR count). The van der Waals surface area contributed by atoms with Crippen molar-refractivity contribution in [2.75, 3.05) is 13.1 Å². The van der Waals surface area contributed by atoms with Gasteiger partial charge in [-0.1, -0.05) is 0 Å². The minimum atomic E-state index is -0.272. The van der Waals surface area contributed by atoms with E-state index in [0.717, 1.165) is 18.4 Å². The zero-order valence-corrected chi connectivity index (χ0v) is 13.8. The Labute approximate surface area is 139 Å². The predicted molar refractivity (Wildman–Crippen MR) is 89.0 cm³/mol. The maximum Gasteiger partial charge on any atom is 0.269 e. The average molecular weight is 332 g/mol. The standard InChI is InChI=1S/C17H21FN4O2/c1-11-9-13(5-6-14(11)18)15-10-16(22-21-15)17(24)20-8-4-3-7-19-12(2)23/h5-6,9-10H,3-4,7-8H2,1-2H3,(H,19,23)(H,20,24)(H,21,22). The molecule has 1 aromatic carbocycles. The van der Waals surface area contributed by atoms with Crippen molar-refractivity contribution in [3.8, 4) is 11.3 Å². The molecule has 2 aromatic rings. The molecule has 3 N–H and O–H groups in total. The fraction of sp³-hybridized carbons (Fsp3) is 0.353. The molecule has 128 valence electrons. The van der Waals surface area contributed by atoms with Crippen molar-refractivity contribution in [1.82, 2.24) is 20.8 Å². The molecule has 24 heavy (non-hydrogen) atoms. The Balaban J connectivity index is 1.84. The minimum Gasteiger partial charge on any atom is -0.356 e. The third-order valence-electron chi connectivity index (χ3n) is 3.54. The van der Waals surface area contributed by atoms with E-state index < -0.39 is 0 Å². The first kappa shape index (κ1) is 17.7. The Kier molecular flexibility index (Phi) is 6.06. The smallest absolute Gasteiger partial charge is 0.269 e. The van der Waals surface area contributed by atoms with E-state index >= 15 is 0 Å². The number of carbonyl (C=O) groups excluding carboxylic acids is 2. The number of carbonyl (C=O) groups is 2. The second-order valence-corrected chi connectivity index (χ2v) is 5.58. The van der Waals surface area contributed by atoms with E-state index in [1.807, 2.05) is 0 Å². The number of halogens is 1. The van der Waals surface area contributed by atoms with Gasteiger partial charge < -0.3 is 10.6 Å². The molecule has 2 amide bonds. The molecule has 1 aromatic heterocycles. The summed E-state index contributed by atoms with van der Waals surface area (Å²) in [5.74, 6) is -0.571. The molecule has 0 spiro atoms. The number of aromatic amines is 1. The summed E-state index contributed by atoms with van der Waals surface area (Å²) in [6.07, 6.45) is 1.56. The molecule has 7 heteroatoms. The van der Waals surface area contributed by atoms with Gasteiger partial charge in [0.1, 0.15) is 11.5 Å². The average Bonchev–Trinajstić information content (AvgIpc) is 3.03. The molecule has 0 unspecified atom stereocenters. The van der Waals surface area contributed by atoms with Crippen LogP contribution in [0.4, 0.5) is 4.39 Å². The van der Waals surface area contributed by atoms with E-state index in [-0.39, 0.29) is 17.6 Å². The van der Waals surface area contributed by atoms with Gasteiger partial charge in [0.25, 0.3) is 5.91 Å². The van der Waals surface area contributed by atoms with E-state index in [1.54, 1.807) is 25.1 Å². The second-order valence-electron chi connectivity index (χ2n) is 5.58. The maximum absolute atomic E-state index is 13.3. The number of rotatable bonds is 7. The molecular formula is C17H21FN4O2. The van der Waals surface area contributed by atoms with Crippen molar-refractivity contribution in [2.45, 2.75) is 26.7 Å². The number of benzene rings is 1. The van der Waals surface area contributed by atoms with Crippen molar-refractivity contribution in [2.24, 2.45) is 0 Å². The molecule has 1 heterocycles. The van der Waals surface area contributed by atoms with Crippen LogP contribution in [0.15, 0.2) is 24.3 Å². The van der Waals surface area contributed by atoms with Gasteiger partial charge in [-0.25, -0.2) is 4.39 Å². The van der Waals surface area contributed by atoms with E-state index in [9.17, 15) is 14.0 Å². The molecule has 0 aliphatic rings. The Hall–Kier alpha value is -2.70. The number of H-pyrrole nitrogens is 1. The van der Waals surface area contributed by atoms with E-state index in [2.05, 4.69) is 20.8 Å². The number of amides is 2. The monoisotopic (exact) mass is 332 g/mol. The number of aromatic nitrogens is 2. The zero-order valence-electron chi connectivity index (χ0n) is 13.8. The maximum atomic E-state index is 13.3. The molecule has 0 atom stereocenters. The topological polar surface area (TPSA) is 86.9 Å². The summed E-state index contributed by atoms with van der Waals surface area (Å²) in [5.41, 5.74) is 2.22. The van der Waals surface area contributed by atoms with Crippen LogP contribution >= 0.6 is 0 Å². The SMILES string of the molecule is CC(=O)NCCCCNC(=O)c1cc(-c2ccc(F)c(C)c2)n[nH]1. The van der Waals surface area contributed by atoms with Crippen LogP contribution in [0.1, 0.15) is 35.8 Å². The number of unbranched alkanes of at least 4 members (excludes halogenated alkanes) is 1. The Morgan fingerprint density at radius 1 is 1.17 bits per heavy atom. The highest BCUT2D eigenvalue weighted by Gasteiger charge is 2.11. The quantitative estimate of drug-likeness (QED) is 0.679. The van der Waals surface area contributed by atoms with Crippen LogP contribution in [0.25, 0.3) is 11.3 Å². The Bertz CT molecular complexity index is 727.